The molecule has 20 heavy (non-hydrogen) atoms. The van der Waals surface area contributed by atoms with Crippen LogP contribution in [0.3, 0.4) is 0 Å². The van der Waals surface area contributed by atoms with E-state index in [0.29, 0.717) is 0 Å². The quantitative estimate of drug-likeness (QED) is 0.626. The van der Waals surface area contributed by atoms with Crippen LogP contribution in [0.4, 0.5) is 4.39 Å². The van der Waals surface area contributed by atoms with Crippen molar-refractivity contribution in [2.45, 2.75) is 32.2 Å². The Bertz CT molecular complexity index is 554. The topological polar surface area (TPSA) is 38.0 Å². The molecule has 0 heterocycles. The molecule has 0 bridgehead atoms. The second kappa shape index (κ2) is 7.17. The number of halogens is 1. The lowest BCUT2D eigenvalue weighted by Crippen LogP contribution is -2.37. The lowest BCUT2D eigenvalue weighted by Gasteiger charge is -2.16. The third-order valence-electron chi connectivity index (χ3n) is 3.47. The van der Waals surface area contributed by atoms with Gasteiger partial charge in [0.1, 0.15) is 5.82 Å². The van der Waals surface area contributed by atoms with Crippen molar-refractivity contribution in [1.82, 2.24) is 5.43 Å². The van der Waals surface area contributed by atoms with Crippen LogP contribution >= 0.6 is 0 Å². The first-order valence-electron chi connectivity index (χ1n) is 6.93. The van der Waals surface area contributed by atoms with Crippen LogP contribution in [0.25, 0.3) is 0 Å². The summed E-state index contributed by atoms with van der Waals surface area (Å²) in [4.78, 5) is 0. The normalized spacial score (nSPS) is 12.3. The first kappa shape index (κ1) is 14.7. The molecule has 0 saturated heterocycles. The van der Waals surface area contributed by atoms with Crippen LogP contribution in [-0.4, -0.2) is 6.04 Å². The summed E-state index contributed by atoms with van der Waals surface area (Å²) < 4.78 is 13.2. The molecule has 0 aromatic heterocycles. The highest BCUT2D eigenvalue weighted by atomic mass is 19.1. The average Bonchev–Trinajstić information content (AvgIpc) is 2.43. The summed E-state index contributed by atoms with van der Waals surface area (Å²) in [6.45, 7) is 2.09. The number of hydrogen-bond donors (Lipinski definition) is 2. The second-order valence-electron chi connectivity index (χ2n) is 5.23. The largest absolute Gasteiger partial charge is 0.271 e. The van der Waals surface area contributed by atoms with Gasteiger partial charge in [0.25, 0.3) is 0 Å². The Balaban J connectivity index is 1.92. The van der Waals surface area contributed by atoms with E-state index in [0.717, 1.165) is 24.8 Å². The third kappa shape index (κ3) is 4.44. The van der Waals surface area contributed by atoms with E-state index in [4.69, 9.17) is 5.84 Å². The summed E-state index contributed by atoms with van der Waals surface area (Å²) in [6, 6.07) is 15.3. The Labute approximate surface area is 119 Å². The van der Waals surface area contributed by atoms with E-state index in [-0.39, 0.29) is 11.9 Å². The summed E-state index contributed by atoms with van der Waals surface area (Å²) in [5.41, 5.74) is 6.38. The van der Waals surface area contributed by atoms with Gasteiger partial charge in [-0.1, -0.05) is 42.0 Å². The van der Waals surface area contributed by atoms with Crippen LogP contribution in [0.15, 0.2) is 48.5 Å². The lowest BCUT2D eigenvalue weighted by atomic mass is 9.99. The summed E-state index contributed by atoms with van der Waals surface area (Å²) in [5, 5.41) is 0. The number of nitrogens with two attached hydrogens (primary N) is 1. The molecule has 2 aromatic rings. The van der Waals surface area contributed by atoms with Crippen LogP contribution in [0.2, 0.25) is 0 Å². The molecule has 0 aliphatic carbocycles. The van der Waals surface area contributed by atoms with Gasteiger partial charge in [0, 0.05) is 6.04 Å². The van der Waals surface area contributed by atoms with Crippen LogP contribution in [0.1, 0.15) is 23.1 Å². The Morgan fingerprint density at radius 2 is 1.85 bits per heavy atom. The minimum atomic E-state index is -0.197. The molecule has 2 aromatic carbocycles. The number of hydrazine groups is 1. The van der Waals surface area contributed by atoms with Gasteiger partial charge in [-0.2, -0.15) is 0 Å². The Morgan fingerprint density at radius 1 is 1.10 bits per heavy atom. The molecule has 0 radical (unpaired) electrons. The fourth-order valence-corrected chi connectivity index (χ4v) is 2.40. The molecule has 2 nitrogen and oxygen atoms in total. The Hall–Kier alpha value is -1.71. The SMILES string of the molecule is Cc1cccc(CCC(Cc2cccc(F)c2)NN)c1. The zero-order valence-electron chi connectivity index (χ0n) is 11.8. The van der Waals surface area contributed by atoms with Gasteiger partial charge in [-0.05, 0) is 49.4 Å². The maximum atomic E-state index is 13.2. The summed E-state index contributed by atoms with van der Waals surface area (Å²) in [6.07, 6.45) is 2.63. The summed E-state index contributed by atoms with van der Waals surface area (Å²) >= 11 is 0. The van der Waals surface area contributed by atoms with Gasteiger partial charge in [0.15, 0.2) is 0 Å². The molecule has 0 aliphatic heterocycles. The lowest BCUT2D eigenvalue weighted by molar-refractivity contribution is 0.490. The maximum absolute atomic E-state index is 13.2. The van der Waals surface area contributed by atoms with Gasteiger partial charge < -0.3 is 0 Å². The first-order chi connectivity index (χ1) is 9.67. The monoisotopic (exact) mass is 272 g/mol. The van der Waals surface area contributed by atoms with E-state index >= 15 is 0 Å². The van der Waals surface area contributed by atoms with Gasteiger partial charge in [-0.15, -0.1) is 0 Å². The summed E-state index contributed by atoms with van der Waals surface area (Å²) in [7, 11) is 0. The van der Waals surface area contributed by atoms with Crippen molar-refractivity contribution in [2.24, 2.45) is 5.84 Å². The predicted octanol–water partition coefficient (Wildman–Crippen LogP) is 3.14. The van der Waals surface area contributed by atoms with E-state index in [1.807, 2.05) is 6.07 Å². The third-order valence-corrected chi connectivity index (χ3v) is 3.47. The highest BCUT2D eigenvalue weighted by Gasteiger charge is 2.08. The maximum Gasteiger partial charge on any atom is 0.123 e. The molecule has 3 heteroatoms. The number of nitrogens with one attached hydrogen (secondary N) is 1. The molecule has 0 aliphatic rings. The molecule has 1 unspecified atom stereocenters. The van der Waals surface area contributed by atoms with Crippen LogP contribution in [-0.2, 0) is 12.8 Å². The van der Waals surface area contributed by atoms with Crippen LogP contribution < -0.4 is 11.3 Å². The molecule has 0 spiro atoms. The standard InChI is InChI=1S/C17H21FN2/c1-13-4-2-5-14(10-13)8-9-17(20-19)12-15-6-3-7-16(18)11-15/h2-7,10-11,17,20H,8-9,12,19H2,1H3. The predicted molar refractivity (Wildman–Crippen MR) is 80.7 cm³/mol. The minimum Gasteiger partial charge on any atom is -0.271 e. The first-order valence-corrected chi connectivity index (χ1v) is 6.93. The van der Waals surface area contributed by atoms with Crippen molar-refractivity contribution in [1.29, 1.82) is 0 Å². The van der Waals surface area contributed by atoms with Gasteiger partial charge >= 0.3 is 0 Å². The van der Waals surface area contributed by atoms with E-state index in [1.165, 1.54) is 17.2 Å². The van der Waals surface area contributed by atoms with Crippen LogP contribution in [0, 0.1) is 12.7 Å². The van der Waals surface area contributed by atoms with Crippen molar-refractivity contribution in [3.05, 3.63) is 71.0 Å². The van der Waals surface area contributed by atoms with E-state index in [2.05, 4.69) is 36.6 Å². The zero-order chi connectivity index (χ0) is 14.4. The Kier molecular flexibility index (Phi) is 5.27. The number of hydrogen-bond acceptors (Lipinski definition) is 2. The van der Waals surface area contributed by atoms with Gasteiger partial charge in [0.05, 0.1) is 0 Å². The second-order valence-corrected chi connectivity index (χ2v) is 5.23. The molecule has 0 amide bonds. The molecule has 0 saturated carbocycles. The average molecular weight is 272 g/mol. The smallest absolute Gasteiger partial charge is 0.123 e. The molecular formula is C17H21FN2. The number of benzene rings is 2. The molecule has 2 rings (SSSR count). The minimum absolute atomic E-state index is 0.150. The molecule has 3 N–H and O–H groups in total. The number of rotatable bonds is 6. The summed E-state index contributed by atoms with van der Waals surface area (Å²) in [5.74, 6) is 5.41. The number of aryl methyl sites for hydroxylation is 2. The fraction of sp³-hybridized carbons (Fsp3) is 0.294. The van der Waals surface area contributed by atoms with Gasteiger partial charge in [0.2, 0.25) is 0 Å². The molecular weight excluding hydrogens is 251 g/mol. The van der Waals surface area contributed by atoms with Crippen molar-refractivity contribution in [2.75, 3.05) is 0 Å². The highest BCUT2D eigenvalue weighted by Crippen LogP contribution is 2.12. The van der Waals surface area contributed by atoms with Crippen molar-refractivity contribution < 1.29 is 4.39 Å². The van der Waals surface area contributed by atoms with Crippen LogP contribution in [0.5, 0.6) is 0 Å². The van der Waals surface area contributed by atoms with E-state index < -0.39 is 0 Å². The molecule has 106 valence electrons. The highest BCUT2D eigenvalue weighted by molar-refractivity contribution is 5.22. The van der Waals surface area contributed by atoms with Gasteiger partial charge in [-0.25, -0.2) is 4.39 Å². The van der Waals surface area contributed by atoms with Crippen molar-refractivity contribution in [3.8, 4) is 0 Å². The van der Waals surface area contributed by atoms with E-state index in [1.54, 1.807) is 12.1 Å². The van der Waals surface area contributed by atoms with E-state index in [9.17, 15) is 4.39 Å². The van der Waals surface area contributed by atoms with Gasteiger partial charge in [-0.3, -0.25) is 11.3 Å². The van der Waals surface area contributed by atoms with Crippen molar-refractivity contribution >= 4 is 0 Å². The Morgan fingerprint density at radius 3 is 2.55 bits per heavy atom. The molecule has 0 fully saturated rings. The fourth-order valence-electron chi connectivity index (χ4n) is 2.40. The molecule has 1 atom stereocenters. The van der Waals surface area contributed by atoms with Crippen molar-refractivity contribution in [3.63, 3.8) is 0 Å². The zero-order valence-corrected chi connectivity index (χ0v) is 11.8.